The quantitative estimate of drug-likeness (QED) is 0.452. The molecule has 1 aliphatic rings. The number of amides is 2. The summed E-state index contributed by atoms with van der Waals surface area (Å²) in [6, 6.07) is 2.01. The molecule has 0 unspecified atom stereocenters. The highest BCUT2D eigenvalue weighted by Crippen LogP contribution is 2.14. The average Bonchev–Trinajstić information content (AvgIpc) is 2.93. The second-order valence-corrected chi connectivity index (χ2v) is 3.23. The SMILES string of the molecule is COC1=NC(=O)N(N=Cc2ccc([N+](=O)[O-])o2)C1. The van der Waals surface area contributed by atoms with Crippen LogP contribution in [0, 0.1) is 10.1 Å². The molecule has 9 heteroatoms. The second-order valence-electron chi connectivity index (χ2n) is 3.23. The number of rotatable bonds is 3. The van der Waals surface area contributed by atoms with Crippen LogP contribution in [0.2, 0.25) is 0 Å². The lowest BCUT2D eigenvalue weighted by atomic mass is 10.5. The molecule has 1 aromatic rings. The van der Waals surface area contributed by atoms with E-state index in [1.807, 2.05) is 0 Å². The van der Waals surface area contributed by atoms with E-state index in [1.54, 1.807) is 0 Å². The number of carbonyl (C=O) groups is 1. The van der Waals surface area contributed by atoms with Crippen molar-refractivity contribution in [3.63, 3.8) is 0 Å². The predicted molar refractivity (Wildman–Crippen MR) is 59.5 cm³/mol. The maximum Gasteiger partial charge on any atom is 0.433 e. The minimum Gasteiger partial charge on any atom is -0.483 e. The molecule has 0 spiro atoms. The van der Waals surface area contributed by atoms with Crippen LogP contribution < -0.4 is 0 Å². The van der Waals surface area contributed by atoms with Crippen LogP contribution in [-0.2, 0) is 4.74 Å². The van der Waals surface area contributed by atoms with E-state index in [-0.39, 0.29) is 18.2 Å². The molecular formula is C9H8N4O5. The van der Waals surface area contributed by atoms with Gasteiger partial charge in [0, 0.05) is 0 Å². The summed E-state index contributed by atoms with van der Waals surface area (Å²) in [6.07, 6.45) is 1.19. The molecule has 0 saturated heterocycles. The summed E-state index contributed by atoms with van der Waals surface area (Å²) >= 11 is 0. The van der Waals surface area contributed by atoms with Gasteiger partial charge in [-0.05, 0) is 6.07 Å². The molecule has 94 valence electrons. The molecular weight excluding hydrogens is 244 g/mol. The number of furan rings is 1. The van der Waals surface area contributed by atoms with Crippen molar-refractivity contribution < 1.29 is 18.9 Å². The minimum atomic E-state index is -0.662. The summed E-state index contributed by atoms with van der Waals surface area (Å²) in [6.45, 7) is 0.120. The first-order chi connectivity index (χ1) is 8.60. The number of aliphatic imine (C=N–C) groups is 1. The zero-order valence-corrected chi connectivity index (χ0v) is 9.27. The maximum absolute atomic E-state index is 11.3. The number of nitrogens with zero attached hydrogens (tertiary/aromatic N) is 4. The van der Waals surface area contributed by atoms with Crippen molar-refractivity contribution in [3.8, 4) is 0 Å². The van der Waals surface area contributed by atoms with Gasteiger partial charge in [0.05, 0.1) is 19.4 Å². The summed E-state index contributed by atoms with van der Waals surface area (Å²) in [5, 5.41) is 15.2. The molecule has 9 nitrogen and oxygen atoms in total. The molecule has 0 aliphatic carbocycles. The largest absolute Gasteiger partial charge is 0.483 e. The molecule has 2 heterocycles. The topological polar surface area (TPSA) is 111 Å². The monoisotopic (exact) mass is 252 g/mol. The third-order valence-electron chi connectivity index (χ3n) is 2.08. The van der Waals surface area contributed by atoms with E-state index in [4.69, 9.17) is 9.15 Å². The molecule has 1 aromatic heterocycles. The molecule has 1 aliphatic heterocycles. The van der Waals surface area contributed by atoms with Crippen LogP contribution in [0.25, 0.3) is 0 Å². The first-order valence-electron chi connectivity index (χ1n) is 4.81. The highest BCUT2D eigenvalue weighted by molar-refractivity contribution is 5.98. The van der Waals surface area contributed by atoms with Crippen LogP contribution >= 0.6 is 0 Å². The predicted octanol–water partition coefficient (Wildman–Crippen LogP) is 1.00. The lowest BCUT2D eigenvalue weighted by Gasteiger charge is -2.04. The zero-order chi connectivity index (χ0) is 13.1. The molecule has 0 aromatic carbocycles. The van der Waals surface area contributed by atoms with E-state index < -0.39 is 16.8 Å². The van der Waals surface area contributed by atoms with Crippen molar-refractivity contribution in [2.24, 2.45) is 10.1 Å². The fourth-order valence-electron chi connectivity index (χ4n) is 1.23. The molecule has 0 radical (unpaired) electrons. The summed E-state index contributed by atoms with van der Waals surface area (Å²) in [5.41, 5.74) is 0. The molecule has 0 saturated carbocycles. The number of urea groups is 1. The lowest BCUT2D eigenvalue weighted by Crippen LogP contribution is -2.21. The fourth-order valence-corrected chi connectivity index (χ4v) is 1.23. The first kappa shape index (κ1) is 11.8. The van der Waals surface area contributed by atoms with Crippen LogP contribution in [0.15, 0.2) is 26.6 Å². The van der Waals surface area contributed by atoms with Crippen molar-refractivity contribution in [2.45, 2.75) is 0 Å². The van der Waals surface area contributed by atoms with E-state index in [1.165, 1.54) is 25.5 Å². The molecule has 0 atom stereocenters. The van der Waals surface area contributed by atoms with E-state index in [0.717, 1.165) is 5.01 Å². The molecule has 0 bridgehead atoms. The average molecular weight is 252 g/mol. The van der Waals surface area contributed by atoms with Crippen LogP contribution in [-0.4, -0.2) is 41.7 Å². The fraction of sp³-hybridized carbons (Fsp3) is 0.222. The standard InChI is InChI=1S/C9H8N4O5/c1-17-7-5-12(9(14)11-7)10-4-6-2-3-8(18-6)13(15)16/h2-4H,5H2,1H3. The Bertz CT molecular complexity index is 547. The van der Waals surface area contributed by atoms with Gasteiger partial charge < -0.3 is 9.15 Å². The van der Waals surface area contributed by atoms with Crippen LogP contribution in [0.5, 0.6) is 0 Å². The van der Waals surface area contributed by atoms with Crippen molar-refractivity contribution >= 4 is 24.0 Å². The van der Waals surface area contributed by atoms with Gasteiger partial charge in [0.2, 0.25) is 5.90 Å². The Labute approximate surface area is 100 Å². The Kier molecular flexibility index (Phi) is 3.04. The Morgan fingerprint density at radius 2 is 2.44 bits per heavy atom. The number of hydrogen-bond acceptors (Lipinski definition) is 6. The van der Waals surface area contributed by atoms with Crippen LogP contribution in [0.1, 0.15) is 5.76 Å². The van der Waals surface area contributed by atoms with Gasteiger partial charge in [-0.3, -0.25) is 10.1 Å². The summed E-state index contributed by atoms with van der Waals surface area (Å²) in [5.74, 6) is 0.0287. The Balaban J connectivity index is 2.03. The number of carbonyl (C=O) groups excluding carboxylic acids is 1. The molecule has 0 N–H and O–H groups in total. The van der Waals surface area contributed by atoms with Gasteiger partial charge in [-0.15, -0.1) is 0 Å². The Morgan fingerprint density at radius 1 is 1.67 bits per heavy atom. The van der Waals surface area contributed by atoms with Gasteiger partial charge in [0.15, 0.2) is 5.76 Å². The van der Waals surface area contributed by atoms with Crippen molar-refractivity contribution in [1.82, 2.24) is 5.01 Å². The molecule has 2 rings (SSSR count). The van der Waals surface area contributed by atoms with Gasteiger partial charge >= 0.3 is 11.9 Å². The second kappa shape index (κ2) is 4.65. The van der Waals surface area contributed by atoms with Gasteiger partial charge in [0.1, 0.15) is 11.5 Å². The number of hydrazone groups is 1. The number of methoxy groups -OCH3 is 1. The maximum atomic E-state index is 11.3. The van der Waals surface area contributed by atoms with Gasteiger partial charge in [0.25, 0.3) is 0 Å². The Hall–Kier alpha value is -2.71. The van der Waals surface area contributed by atoms with E-state index in [2.05, 4.69) is 10.1 Å². The summed E-state index contributed by atoms with van der Waals surface area (Å²) in [4.78, 5) is 24.6. The normalized spacial score (nSPS) is 15.3. The zero-order valence-electron chi connectivity index (χ0n) is 9.27. The van der Waals surface area contributed by atoms with E-state index in [0.29, 0.717) is 0 Å². The highest BCUT2D eigenvalue weighted by Gasteiger charge is 2.23. The van der Waals surface area contributed by atoms with Gasteiger partial charge in [-0.25, -0.2) is 9.80 Å². The van der Waals surface area contributed by atoms with E-state index in [9.17, 15) is 14.9 Å². The van der Waals surface area contributed by atoms with Gasteiger partial charge in [-0.2, -0.15) is 10.1 Å². The van der Waals surface area contributed by atoms with Crippen LogP contribution in [0.3, 0.4) is 0 Å². The third-order valence-corrected chi connectivity index (χ3v) is 2.08. The first-order valence-corrected chi connectivity index (χ1v) is 4.81. The van der Waals surface area contributed by atoms with Crippen molar-refractivity contribution in [2.75, 3.05) is 13.7 Å². The number of ether oxygens (including phenoxy) is 1. The molecule has 2 amide bonds. The van der Waals surface area contributed by atoms with Gasteiger partial charge in [-0.1, -0.05) is 0 Å². The molecule has 0 fully saturated rings. The van der Waals surface area contributed by atoms with Crippen molar-refractivity contribution in [1.29, 1.82) is 0 Å². The van der Waals surface area contributed by atoms with E-state index >= 15 is 0 Å². The summed E-state index contributed by atoms with van der Waals surface area (Å²) < 4.78 is 9.64. The minimum absolute atomic E-state index is 0.120. The number of hydrogen-bond donors (Lipinski definition) is 0. The summed E-state index contributed by atoms with van der Waals surface area (Å²) in [7, 11) is 1.40. The Morgan fingerprint density at radius 3 is 3.00 bits per heavy atom. The lowest BCUT2D eigenvalue weighted by molar-refractivity contribution is -0.402. The smallest absolute Gasteiger partial charge is 0.433 e. The van der Waals surface area contributed by atoms with Crippen LogP contribution in [0.4, 0.5) is 10.7 Å². The number of nitro groups is 1. The molecule has 18 heavy (non-hydrogen) atoms. The third kappa shape index (κ3) is 2.34. The van der Waals surface area contributed by atoms with Crippen molar-refractivity contribution in [3.05, 3.63) is 28.0 Å². The highest BCUT2D eigenvalue weighted by atomic mass is 16.6.